The molecule has 0 amide bonds. The molecule has 0 nitrogen and oxygen atoms in total. The van der Waals surface area contributed by atoms with Gasteiger partial charge in [0.25, 0.3) is 0 Å². The number of benzene rings is 5. The molecule has 7 rings (SSSR count). The molecule has 4 heteroatoms. The molecule has 0 unspecified atom stereocenters. The molecule has 0 aliphatic heterocycles. The second-order valence-corrected chi connectivity index (χ2v) is 26.1. The molecule has 0 radical (unpaired) electrons. The first kappa shape index (κ1) is 43.6. The van der Waals surface area contributed by atoms with Gasteiger partial charge in [0.15, 0.2) is 0 Å². The van der Waals surface area contributed by atoms with Crippen LogP contribution in [0.25, 0.3) is 21.9 Å². The van der Waals surface area contributed by atoms with E-state index in [1.165, 1.54) is 58.5 Å². The fraction of sp³-hybridized carbons (Fsp3) is 0.353. The monoisotopic (exact) mass is 864 g/mol. The molecule has 0 atom stereocenters. The number of rotatable bonds is 4. The molecule has 0 spiro atoms. The second-order valence-electron chi connectivity index (χ2n) is 19.6. The van der Waals surface area contributed by atoms with E-state index < -0.39 is 21.3 Å². The van der Waals surface area contributed by atoms with Crippen molar-refractivity contribution >= 4 is 28.9 Å². The van der Waals surface area contributed by atoms with Crippen molar-refractivity contribution in [2.24, 2.45) is 0 Å². The molecule has 5 aromatic carbocycles. The summed E-state index contributed by atoms with van der Waals surface area (Å²) >= 11 is 3.85. The molecule has 0 saturated heterocycles. The SMILES string of the molecule is CC(C)(C)c1cc2c(cc1C(C)(C)C)-c1cc(C(C)(C)C)c(C(C)(C)C)[c]([Zr+2](=[C](c3cccc(Cl)c3)c3cccc4ccccc34)[CH]3C=CC=C3)c1C2.[Cl-].[Cl-]. The topological polar surface area (TPSA) is 0 Å². The Hall–Kier alpha value is -2.54. The maximum Gasteiger partial charge on any atom is -1.00 e. The van der Waals surface area contributed by atoms with Gasteiger partial charge in [-0.2, -0.15) is 0 Å². The Balaban J connectivity index is 0.00000290. The molecule has 0 aromatic heterocycles. The molecule has 55 heavy (non-hydrogen) atoms. The van der Waals surface area contributed by atoms with Gasteiger partial charge in [-0.25, -0.2) is 0 Å². The van der Waals surface area contributed by atoms with Gasteiger partial charge < -0.3 is 24.8 Å². The molecule has 286 valence electrons. The predicted molar refractivity (Wildman–Crippen MR) is 230 cm³/mol. The van der Waals surface area contributed by atoms with Crippen molar-refractivity contribution in [2.75, 3.05) is 0 Å². The van der Waals surface area contributed by atoms with Gasteiger partial charge >= 0.3 is 335 Å². The van der Waals surface area contributed by atoms with E-state index in [-0.39, 0.29) is 46.5 Å². The van der Waals surface area contributed by atoms with Gasteiger partial charge in [-0.1, -0.05) is 0 Å². The smallest absolute Gasteiger partial charge is 1.00 e. The zero-order valence-corrected chi connectivity index (χ0v) is 39.5. The van der Waals surface area contributed by atoms with Crippen molar-refractivity contribution < 1.29 is 46.1 Å². The molecule has 0 saturated carbocycles. The van der Waals surface area contributed by atoms with E-state index in [9.17, 15) is 0 Å². The number of hydrogen-bond acceptors (Lipinski definition) is 0. The zero-order valence-electron chi connectivity index (χ0n) is 34.8. The molecule has 0 bridgehead atoms. The van der Waals surface area contributed by atoms with Gasteiger partial charge in [0.1, 0.15) is 0 Å². The maximum absolute atomic E-state index is 6.93. The molecule has 0 N–H and O–H groups in total. The Labute approximate surface area is 356 Å². The summed E-state index contributed by atoms with van der Waals surface area (Å²) in [7, 11) is 0. The predicted octanol–water partition coefficient (Wildman–Crippen LogP) is 7.69. The third-order valence-electron chi connectivity index (χ3n) is 11.3. The Morgan fingerprint density at radius 2 is 1.16 bits per heavy atom. The molecule has 0 fully saturated rings. The van der Waals surface area contributed by atoms with Crippen LogP contribution in [0.1, 0.15) is 128 Å². The van der Waals surface area contributed by atoms with Crippen LogP contribution in [0.15, 0.2) is 109 Å². The van der Waals surface area contributed by atoms with Crippen LogP contribution < -0.4 is 28.1 Å². The minimum atomic E-state index is -3.08. The average molecular weight is 868 g/mol. The summed E-state index contributed by atoms with van der Waals surface area (Å²) in [5.74, 6) is 0. The zero-order chi connectivity index (χ0) is 38.2. The van der Waals surface area contributed by atoms with Crippen LogP contribution in [0, 0.1) is 0 Å². The van der Waals surface area contributed by atoms with Gasteiger partial charge in [0.05, 0.1) is 0 Å². The molecule has 5 aromatic rings. The van der Waals surface area contributed by atoms with E-state index in [0.29, 0.717) is 3.63 Å². The van der Waals surface area contributed by atoms with E-state index in [2.05, 4.69) is 186 Å². The Kier molecular flexibility index (Phi) is 12.4. The molecular weight excluding hydrogens is 810 g/mol. The van der Waals surface area contributed by atoms with E-state index in [0.717, 1.165) is 11.4 Å². The molecule has 2 aliphatic rings. The second kappa shape index (κ2) is 15.7. The summed E-state index contributed by atoms with van der Waals surface area (Å²) in [6.45, 7) is 29.0. The first-order chi connectivity index (χ1) is 24.7. The first-order valence-electron chi connectivity index (χ1n) is 19.5. The third kappa shape index (κ3) is 8.26. The normalized spacial score (nSPS) is 14.4. The van der Waals surface area contributed by atoms with Gasteiger partial charge in [0.2, 0.25) is 0 Å². The van der Waals surface area contributed by atoms with Crippen LogP contribution in [-0.2, 0) is 49.3 Å². The summed E-state index contributed by atoms with van der Waals surface area (Å²) in [4.78, 5) is 0. The number of halogens is 3. The van der Waals surface area contributed by atoms with Crippen LogP contribution >= 0.6 is 11.6 Å². The largest absolute Gasteiger partial charge is 1.00 e. The van der Waals surface area contributed by atoms with Crippen molar-refractivity contribution in [1.82, 2.24) is 0 Å². The van der Waals surface area contributed by atoms with Crippen LogP contribution in [0.4, 0.5) is 0 Å². The van der Waals surface area contributed by atoms with Crippen LogP contribution in [0.2, 0.25) is 8.65 Å². The van der Waals surface area contributed by atoms with Gasteiger partial charge in [-0.3, -0.25) is 0 Å². The van der Waals surface area contributed by atoms with E-state index >= 15 is 0 Å². The Bertz CT molecular complexity index is 2340. The fourth-order valence-electron chi connectivity index (χ4n) is 8.91. The standard InChI is InChI=1S/C29H41.C17H11Cl.C5H5.2ClH.Zr/c1-26(2,3)22-14-18-13-19-15-23(27(4,5)6)25(29(10,11)12)17-21(19)20(18)16-24(22)28(7,8)9;18-16-9-3-5-13(12-16)11-15-8-4-7-14-6-1-2-10-17(14)15;1-2-4-5-3-1;;;/h14,16-17H,13H2,1-12H3;1-10,12H;1-5H;2*1H;/q;;;;;+2/p-2. The number of allylic oxidation sites excluding steroid dienone is 4. The maximum atomic E-state index is 6.93. The summed E-state index contributed by atoms with van der Waals surface area (Å²) in [6.07, 6.45) is 10.6. The third-order valence-corrected chi connectivity index (χ3v) is 19.5. The fourth-order valence-corrected chi connectivity index (χ4v) is 18.5. The van der Waals surface area contributed by atoms with Crippen molar-refractivity contribution in [1.29, 1.82) is 0 Å². The minimum Gasteiger partial charge on any atom is -1.00 e. The van der Waals surface area contributed by atoms with Crippen LogP contribution in [0.3, 0.4) is 0 Å². The van der Waals surface area contributed by atoms with Gasteiger partial charge in [-0.15, -0.1) is 0 Å². The van der Waals surface area contributed by atoms with Crippen LogP contribution in [0.5, 0.6) is 0 Å². The van der Waals surface area contributed by atoms with E-state index in [1.54, 1.807) is 14.4 Å². The number of fused-ring (bicyclic) bond motifs is 4. The van der Waals surface area contributed by atoms with E-state index in [1.807, 2.05) is 6.07 Å². The first-order valence-corrected chi connectivity index (χ1v) is 23.7. The summed E-state index contributed by atoms with van der Waals surface area (Å²) in [5.41, 5.74) is 14.6. The molecule has 2 aliphatic carbocycles. The summed E-state index contributed by atoms with van der Waals surface area (Å²) < 4.78 is 3.59. The van der Waals surface area contributed by atoms with Crippen molar-refractivity contribution in [3.8, 4) is 11.1 Å². The summed E-state index contributed by atoms with van der Waals surface area (Å²) in [5, 5.41) is 3.40. The Morgan fingerprint density at radius 3 is 1.76 bits per heavy atom. The van der Waals surface area contributed by atoms with E-state index in [4.69, 9.17) is 11.6 Å². The van der Waals surface area contributed by atoms with Crippen molar-refractivity contribution in [2.45, 2.75) is 115 Å². The van der Waals surface area contributed by atoms with Crippen molar-refractivity contribution in [3.05, 3.63) is 159 Å². The van der Waals surface area contributed by atoms with Crippen molar-refractivity contribution in [3.63, 3.8) is 0 Å². The molecule has 0 heterocycles. The van der Waals surface area contributed by atoms with Gasteiger partial charge in [0, 0.05) is 0 Å². The average Bonchev–Trinajstić information content (AvgIpc) is 3.72. The quantitative estimate of drug-likeness (QED) is 0.171. The van der Waals surface area contributed by atoms with Gasteiger partial charge in [-0.05, 0) is 0 Å². The minimum absolute atomic E-state index is 0. The summed E-state index contributed by atoms with van der Waals surface area (Å²) in [6, 6.07) is 32.5. The number of hydrogen-bond donors (Lipinski definition) is 0. The Morgan fingerprint density at radius 1 is 0.600 bits per heavy atom. The molecular formula is C51H57Cl3Zr. The van der Waals surface area contributed by atoms with Crippen LogP contribution in [-0.4, -0.2) is 3.21 Å².